The normalized spacial score (nSPS) is 10.9. The molecule has 1 aliphatic carbocycles. The van der Waals surface area contributed by atoms with E-state index in [0.717, 1.165) is 5.56 Å². The van der Waals surface area contributed by atoms with Crippen molar-refractivity contribution in [3.8, 4) is 16.9 Å². The average molecular weight is 1820 g/mol. The molecule has 67 heavy (non-hydrogen) atoms. The number of methoxy groups -OCH3 is 1. The fourth-order valence-corrected chi connectivity index (χ4v) is 5.97. The van der Waals surface area contributed by atoms with Gasteiger partial charge in [-0.25, -0.2) is 9.59 Å². The summed E-state index contributed by atoms with van der Waals surface area (Å²) < 4.78 is 30.5. The maximum Gasteiger partial charge on any atom is 0.333 e. The molecule has 2 N–H and O–H groups in total. The molecule has 0 spiro atoms. The quantitative estimate of drug-likeness (QED) is 0.0401. The van der Waals surface area contributed by atoms with Gasteiger partial charge in [0.15, 0.2) is 0 Å². The first-order chi connectivity index (χ1) is 26.5. The standard InChI is InChI=1S/C35H33O5.C10H17O5.12Y/c1-24(2)34(37)40-23-28(36)22-38-20-21-39-29-18-16-27(17-19-29)35(26-14-12-25(3)13-15-26)32-10-6-4-8-30(32)31-9-5-7-11-33(31)35;1-8(2)10(12)15-7-9(11)6-14-5-4-13-3;;;;;;;;;;;;/h4-20,28,36H,1,21-23H2,2-3H3;5,9,11H,1,4,6-7H2,2-3H3;;;;;;;;;;;;/q2*-1;;;;;;;;;;;;. The zero-order valence-electron chi connectivity index (χ0n) is 38.8. The molecule has 4 aromatic rings. The largest absolute Gasteiger partial charge is 0.548 e. The number of esters is 2. The van der Waals surface area contributed by atoms with Gasteiger partial charge in [-0.3, -0.25) is 0 Å². The van der Waals surface area contributed by atoms with Gasteiger partial charge in [-0.15, -0.1) is 0 Å². The Morgan fingerprint density at radius 2 is 0.910 bits per heavy atom. The van der Waals surface area contributed by atoms with Gasteiger partial charge in [0.05, 0.1) is 5.41 Å². The Kier molecular flexibility index (Phi) is 75.3. The van der Waals surface area contributed by atoms with E-state index in [2.05, 4.69) is 105 Å². The Morgan fingerprint density at radius 1 is 0.552 bits per heavy atom. The summed E-state index contributed by atoms with van der Waals surface area (Å²) >= 11 is 0. The number of aliphatic hydroxyl groups excluding tert-OH is 2. The monoisotopic (exact) mass is 1820 g/mol. The molecule has 0 aromatic heterocycles. The zero-order chi connectivity index (χ0) is 39.8. The Labute approximate surface area is 700 Å². The number of ether oxygens (including phenoxy) is 6. The van der Waals surface area contributed by atoms with Crippen molar-refractivity contribution in [1.29, 1.82) is 0 Å². The Bertz CT molecular complexity index is 1870. The summed E-state index contributed by atoms with van der Waals surface area (Å²) in [5, 5.41) is 19.2. The van der Waals surface area contributed by atoms with Crippen LogP contribution in [0.3, 0.4) is 0 Å². The van der Waals surface area contributed by atoms with Gasteiger partial charge >= 0.3 is 11.9 Å². The maximum atomic E-state index is 11.4. The first-order valence-electron chi connectivity index (χ1n) is 17.9. The summed E-state index contributed by atoms with van der Waals surface area (Å²) in [7, 11) is 1.53. The van der Waals surface area contributed by atoms with Gasteiger partial charge in [0, 0.05) is 424 Å². The molecule has 328 valence electrons. The fraction of sp³-hybridized carbons (Fsp3) is 0.289. The molecule has 2 atom stereocenters. The summed E-state index contributed by atoms with van der Waals surface area (Å²) in [5.41, 5.74) is 8.78. The van der Waals surface area contributed by atoms with Crippen LogP contribution in [-0.4, -0.2) is 81.1 Å². The number of hydrogen-bond donors (Lipinski definition) is 2. The molecule has 2 unspecified atom stereocenters. The van der Waals surface area contributed by atoms with E-state index in [0.29, 0.717) is 17.9 Å². The Morgan fingerprint density at radius 3 is 1.28 bits per heavy atom. The molecular weight excluding hydrogens is 1770 g/mol. The second kappa shape index (κ2) is 53.5. The summed E-state index contributed by atoms with van der Waals surface area (Å²) in [4.78, 5) is 22.3. The summed E-state index contributed by atoms with van der Waals surface area (Å²) in [6.45, 7) is 15.4. The minimum absolute atomic E-state index is 0. The molecule has 0 saturated carbocycles. The van der Waals surface area contributed by atoms with Gasteiger partial charge in [-0.1, -0.05) is 110 Å². The van der Waals surface area contributed by atoms with Crippen LogP contribution in [0, 0.1) is 20.1 Å². The molecule has 0 heterocycles. The van der Waals surface area contributed by atoms with Crippen molar-refractivity contribution in [3.05, 3.63) is 162 Å². The molecule has 0 saturated heterocycles. The van der Waals surface area contributed by atoms with Crippen LogP contribution in [0.1, 0.15) is 41.7 Å². The molecule has 4 aromatic carbocycles. The van der Waals surface area contributed by atoms with E-state index in [4.69, 9.17) is 28.4 Å². The number of rotatable bonds is 19. The van der Waals surface area contributed by atoms with Crippen molar-refractivity contribution in [2.24, 2.45) is 0 Å². The van der Waals surface area contributed by atoms with Crippen LogP contribution in [0.2, 0.25) is 0 Å². The van der Waals surface area contributed by atoms with E-state index >= 15 is 0 Å². The molecule has 0 aliphatic heterocycles. The van der Waals surface area contributed by atoms with E-state index in [9.17, 15) is 19.8 Å². The van der Waals surface area contributed by atoms with Gasteiger partial charge in [-0.05, 0) is 72.9 Å². The van der Waals surface area contributed by atoms with Crippen molar-refractivity contribution in [3.63, 3.8) is 0 Å². The topological polar surface area (TPSA) is 130 Å². The average Bonchev–Trinajstić information content (AvgIpc) is 3.49. The van der Waals surface area contributed by atoms with Crippen molar-refractivity contribution >= 4 is 11.9 Å². The van der Waals surface area contributed by atoms with Crippen LogP contribution in [0.5, 0.6) is 5.75 Å². The maximum absolute atomic E-state index is 11.4. The summed E-state index contributed by atoms with van der Waals surface area (Å²) in [6, 6.07) is 34.4. The van der Waals surface area contributed by atoms with E-state index in [1.165, 1.54) is 60.6 Å². The van der Waals surface area contributed by atoms with Crippen LogP contribution in [0.15, 0.2) is 121 Å². The minimum Gasteiger partial charge on any atom is -0.548 e. The molecule has 0 amide bonds. The Hall–Kier alpha value is 8.15. The zero-order valence-corrected chi connectivity index (χ0v) is 72.9. The second-order valence-electron chi connectivity index (χ2n) is 13.1. The molecule has 12 radical (unpaired) electrons. The molecule has 5 rings (SSSR count). The van der Waals surface area contributed by atoms with Crippen molar-refractivity contribution in [2.45, 2.75) is 38.4 Å². The van der Waals surface area contributed by atoms with Crippen molar-refractivity contribution in [2.75, 3.05) is 46.8 Å². The third-order valence-electron chi connectivity index (χ3n) is 8.60. The molecule has 1 aliphatic rings. The number of carbonyl (C=O) groups excluding carboxylic acids is 2. The van der Waals surface area contributed by atoms with Gasteiger partial charge in [0.1, 0.15) is 31.2 Å². The van der Waals surface area contributed by atoms with E-state index in [-0.39, 0.29) is 431 Å². The summed E-state index contributed by atoms with van der Waals surface area (Å²) in [6.07, 6.45) is -1.78. The number of fused-ring (bicyclic) bond motifs is 3. The van der Waals surface area contributed by atoms with Crippen LogP contribution in [0.25, 0.3) is 11.1 Å². The van der Waals surface area contributed by atoms with E-state index in [1.807, 2.05) is 12.1 Å². The minimum atomic E-state index is -0.936. The Balaban J connectivity index is -0.000000157. The van der Waals surface area contributed by atoms with E-state index < -0.39 is 29.6 Å². The van der Waals surface area contributed by atoms with Gasteiger partial charge in [0.25, 0.3) is 0 Å². The third kappa shape index (κ3) is 31.8. The number of benzene rings is 4. The smallest absolute Gasteiger partial charge is 0.333 e. The van der Waals surface area contributed by atoms with Gasteiger partial charge in [-0.2, -0.15) is 13.2 Å². The number of aryl methyl sites for hydroxylation is 1. The fourth-order valence-electron chi connectivity index (χ4n) is 5.97. The first kappa shape index (κ1) is 94.4. The first-order valence-corrected chi connectivity index (χ1v) is 17.9. The number of aliphatic hydroxyl groups is 2. The molecule has 0 fully saturated rings. The predicted octanol–water partition coefficient (Wildman–Crippen LogP) is 6.66. The van der Waals surface area contributed by atoms with Crippen molar-refractivity contribution in [1.82, 2.24) is 0 Å². The predicted molar refractivity (Wildman–Crippen MR) is 210 cm³/mol. The third-order valence-corrected chi connectivity index (χ3v) is 8.60. The number of carbonyl (C=O) groups is 2. The number of hydrogen-bond acceptors (Lipinski definition) is 10. The van der Waals surface area contributed by atoms with Crippen molar-refractivity contribution < 1.29 is 441 Å². The summed E-state index contributed by atoms with van der Waals surface area (Å²) in [5.74, 6) is -0.350. The molecule has 10 nitrogen and oxygen atoms in total. The molecule has 22 heteroatoms. The SMILES string of the molecule is C=C(C)C(=O)OCC(O)CO[CH-]COC.C=C(C)C(=O)OCC(O)CO[CH-]COc1ccc(C2(c3ccc(C)cc3)c3ccccc3-c3ccccc32)cc1.[Y].[Y].[Y].[Y].[Y].[Y].[Y].[Y].[Y].[Y].[Y].[Y]. The van der Waals surface area contributed by atoms with E-state index in [1.54, 1.807) is 6.92 Å². The van der Waals surface area contributed by atoms with Crippen LogP contribution >= 0.6 is 0 Å². The van der Waals surface area contributed by atoms with Crippen LogP contribution < -0.4 is 4.74 Å². The van der Waals surface area contributed by atoms with Gasteiger partial charge < -0.3 is 38.6 Å². The second-order valence-corrected chi connectivity index (χ2v) is 13.1. The van der Waals surface area contributed by atoms with Crippen LogP contribution in [0.4, 0.5) is 0 Å². The molecular formula is C45H50O10Y12-2. The van der Waals surface area contributed by atoms with Gasteiger partial charge in [0.2, 0.25) is 0 Å². The van der Waals surface area contributed by atoms with Crippen LogP contribution in [-0.2, 0) is 431 Å². The molecule has 0 bridgehead atoms.